The molecule has 0 unspecified atom stereocenters. The lowest BCUT2D eigenvalue weighted by atomic mass is 10.1. The molecule has 1 N–H and O–H groups in total. The first-order chi connectivity index (χ1) is 13.9. The van der Waals surface area contributed by atoms with Crippen LogP contribution >= 0.6 is 0 Å². The second kappa shape index (κ2) is 11.2. The van der Waals surface area contributed by atoms with Crippen molar-refractivity contribution >= 4 is 11.8 Å². The highest BCUT2D eigenvalue weighted by Crippen LogP contribution is 2.19. The van der Waals surface area contributed by atoms with Crippen molar-refractivity contribution in [3.63, 3.8) is 0 Å². The molecule has 0 fully saturated rings. The predicted molar refractivity (Wildman–Crippen MR) is 116 cm³/mol. The van der Waals surface area contributed by atoms with Gasteiger partial charge >= 0.3 is 0 Å². The molecule has 5 nitrogen and oxygen atoms in total. The summed E-state index contributed by atoms with van der Waals surface area (Å²) < 4.78 is 5.80. The Morgan fingerprint density at radius 3 is 2.52 bits per heavy atom. The van der Waals surface area contributed by atoms with Crippen molar-refractivity contribution < 1.29 is 14.3 Å². The van der Waals surface area contributed by atoms with Gasteiger partial charge in [0, 0.05) is 13.1 Å². The molecule has 0 saturated heterocycles. The molecular weight excluding hydrogens is 364 g/mol. The molecule has 2 aromatic carbocycles. The Hall–Kier alpha value is -2.82. The summed E-state index contributed by atoms with van der Waals surface area (Å²) in [4.78, 5) is 27.2. The molecule has 2 aromatic rings. The zero-order chi connectivity index (χ0) is 21.2. The van der Waals surface area contributed by atoms with Gasteiger partial charge in [0.2, 0.25) is 5.91 Å². The van der Waals surface area contributed by atoms with Crippen LogP contribution in [0.1, 0.15) is 43.4 Å². The van der Waals surface area contributed by atoms with E-state index in [2.05, 4.69) is 12.2 Å². The summed E-state index contributed by atoms with van der Waals surface area (Å²) in [5.74, 6) is 0.334. The standard InChI is InChI=1S/C24H32N2O3/c1-5-6-14-25-24(28)20(4)26(16-21-10-8-7-9-11-21)23(27)17-29-22-15-18(2)12-13-19(22)3/h7-13,15,20H,5-6,14,16-17H2,1-4H3,(H,25,28)/t20-/m1/s1. The molecule has 0 heterocycles. The van der Waals surface area contributed by atoms with E-state index in [1.54, 1.807) is 11.8 Å². The van der Waals surface area contributed by atoms with Crippen LogP contribution < -0.4 is 10.1 Å². The Kier molecular flexibility index (Phi) is 8.71. The fourth-order valence-corrected chi connectivity index (χ4v) is 2.98. The highest BCUT2D eigenvalue weighted by molar-refractivity contribution is 5.87. The average molecular weight is 397 g/mol. The zero-order valence-corrected chi connectivity index (χ0v) is 17.9. The summed E-state index contributed by atoms with van der Waals surface area (Å²) in [6, 6.07) is 15.0. The number of nitrogens with zero attached hydrogens (tertiary/aromatic N) is 1. The van der Waals surface area contributed by atoms with E-state index >= 15 is 0 Å². The normalized spacial score (nSPS) is 11.6. The average Bonchev–Trinajstić information content (AvgIpc) is 2.72. The minimum absolute atomic E-state index is 0.107. The lowest BCUT2D eigenvalue weighted by molar-refractivity contribution is -0.142. The van der Waals surface area contributed by atoms with E-state index in [1.807, 2.05) is 62.4 Å². The van der Waals surface area contributed by atoms with Gasteiger partial charge in [-0.25, -0.2) is 0 Å². The SMILES string of the molecule is CCCCNC(=O)[C@@H](C)N(Cc1ccccc1)C(=O)COc1cc(C)ccc1C. The lowest BCUT2D eigenvalue weighted by Gasteiger charge is -2.29. The highest BCUT2D eigenvalue weighted by Gasteiger charge is 2.26. The second-order valence-corrected chi connectivity index (χ2v) is 7.39. The fourth-order valence-electron chi connectivity index (χ4n) is 2.98. The first kappa shape index (κ1) is 22.5. The minimum Gasteiger partial charge on any atom is -0.483 e. The van der Waals surface area contributed by atoms with E-state index in [4.69, 9.17) is 4.74 Å². The minimum atomic E-state index is -0.582. The molecule has 0 saturated carbocycles. The number of carbonyl (C=O) groups excluding carboxylic acids is 2. The third-order valence-electron chi connectivity index (χ3n) is 4.89. The molecule has 29 heavy (non-hydrogen) atoms. The summed E-state index contributed by atoms with van der Waals surface area (Å²) in [6.45, 7) is 8.64. The zero-order valence-electron chi connectivity index (χ0n) is 17.9. The molecular formula is C24H32N2O3. The number of hydrogen-bond donors (Lipinski definition) is 1. The molecule has 0 aliphatic rings. The van der Waals surface area contributed by atoms with Crippen molar-refractivity contribution in [2.24, 2.45) is 0 Å². The third kappa shape index (κ3) is 6.93. The molecule has 2 amide bonds. The quantitative estimate of drug-likeness (QED) is 0.617. The van der Waals surface area contributed by atoms with Crippen LogP contribution in [0.5, 0.6) is 5.75 Å². The van der Waals surface area contributed by atoms with Crippen LogP contribution in [0.15, 0.2) is 48.5 Å². The van der Waals surface area contributed by atoms with Crippen molar-refractivity contribution in [1.82, 2.24) is 10.2 Å². The third-order valence-corrected chi connectivity index (χ3v) is 4.89. The number of ether oxygens (including phenoxy) is 1. The topological polar surface area (TPSA) is 58.6 Å². The van der Waals surface area contributed by atoms with E-state index in [9.17, 15) is 9.59 Å². The van der Waals surface area contributed by atoms with E-state index in [-0.39, 0.29) is 18.4 Å². The molecule has 0 radical (unpaired) electrons. The summed E-state index contributed by atoms with van der Waals surface area (Å²) in [6.07, 6.45) is 1.92. The van der Waals surface area contributed by atoms with Gasteiger partial charge < -0.3 is 15.0 Å². The Balaban J connectivity index is 2.11. The van der Waals surface area contributed by atoms with Gasteiger partial charge in [0.05, 0.1) is 0 Å². The van der Waals surface area contributed by atoms with Crippen molar-refractivity contribution in [2.75, 3.05) is 13.2 Å². The van der Waals surface area contributed by atoms with Crippen molar-refractivity contribution in [1.29, 1.82) is 0 Å². The first-order valence-corrected chi connectivity index (χ1v) is 10.2. The van der Waals surface area contributed by atoms with Gasteiger partial charge in [-0.2, -0.15) is 0 Å². The largest absolute Gasteiger partial charge is 0.483 e. The molecule has 156 valence electrons. The molecule has 0 bridgehead atoms. The summed E-state index contributed by atoms with van der Waals surface area (Å²) in [5, 5.41) is 2.92. The summed E-state index contributed by atoms with van der Waals surface area (Å²) in [7, 11) is 0. The monoisotopic (exact) mass is 396 g/mol. The van der Waals surface area contributed by atoms with Crippen LogP contribution in [0.4, 0.5) is 0 Å². The summed E-state index contributed by atoms with van der Waals surface area (Å²) >= 11 is 0. The summed E-state index contributed by atoms with van der Waals surface area (Å²) in [5.41, 5.74) is 3.02. The highest BCUT2D eigenvalue weighted by atomic mass is 16.5. The van der Waals surface area contributed by atoms with Gasteiger partial charge in [0.15, 0.2) is 6.61 Å². The molecule has 0 aliphatic carbocycles. The van der Waals surface area contributed by atoms with Gasteiger partial charge in [-0.15, -0.1) is 0 Å². The Labute approximate surface area is 174 Å². The smallest absolute Gasteiger partial charge is 0.261 e. The Bertz CT molecular complexity index is 805. The first-order valence-electron chi connectivity index (χ1n) is 10.2. The van der Waals surface area contributed by atoms with Crippen molar-refractivity contribution in [2.45, 2.75) is 53.1 Å². The van der Waals surface area contributed by atoms with Crippen molar-refractivity contribution in [3.8, 4) is 5.75 Å². The number of nitrogens with one attached hydrogen (secondary N) is 1. The van der Waals surface area contributed by atoms with Gasteiger partial charge in [-0.3, -0.25) is 9.59 Å². The molecule has 1 atom stereocenters. The van der Waals surface area contributed by atoms with Crippen LogP contribution in [0, 0.1) is 13.8 Å². The van der Waals surface area contributed by atoms with Crippen molar-refractivity contribution in [3.05, 3.63) is 65.2 Å². The molecule has 2 rings (SSSR count). The molecule has 0 aliphatic heterocycles. The van der Waals surface area contributed by atoms with Gasteiger partial charge in [-0.1, -0.05) is 55.8 Å². The number of amides is 2. The van der Waals surface area contributed by atoms with E-state index in [0.717, 1.165) is 29.5 Å². The maximum Gasteiger partial charge on any atom is 0.261 e. The van der Waals surface area contributed by atoms with E-state index < -0.39 is 6.04 Å². The Morgan fingerprint density at radius 1 is 1.10 bits per heavy atom. The Morgan fingerprint density at radius 2 is 1.83 bits per heavy atom. The van der Waals surface area contributed by atoms with Crippen LogP contribution in [0.25, 0.3) is 0 Å². The molecule has 5 heteroatoms. The van der Waals surface area contributed by atoms with Crippen LogP contribution in [-0.4, -0.2) is 35.9 Å². The number of rotatable bonds is 10. The van der Waals surface area contributed by atoms with Gasteiger partial charge in [-0.05, 0) is 49.9 Å². The van der Waals surface area contributed by atoms with E-state index in [1.165, 1.54) is 0 Å². The van der Waals surface area contributed by atoms with Gasteiger partial charge in [0.1, 0.15) is 11.8 Å². The van der Waals surface area contributed by atoms with Crippen LogP contribution in [0.2, 0.25) is 0 Å². The molecule has 0 spiro atoms. The van der Waals surface area contributed by atoms with E-state index in [0.29, 0.717) is 18.8 Å². The number of benzene rings is 2. The second-order valence-electron chi connectivity index (χ2n) is 7.39. The molecule has 0 aromatic heterocycles. The number of hydrogen-bond acceptors (Lipinski definition) is 3. The number of carbonyl (C=O) groups is 2. The number of unbranched alkanes of at least 4 members (excludes halogenated alkanes) is 1. The predicted octanol–water partition coefficient (Wildman–Crippen LogP) is 4.02. The fraction of sp³-hybridized carbons (Fsp3) is 0.417. The maximum absolute atomic E-state index is 13.0. The maximum atomic E-state index is 13.0. The van der Waals surface area contributed by atoms with Crippen LogP contribution in [0.3, 0.4) is 0 Å². The van der Waals surface area contributed by atoms with Gasteiger partial charge in [0.25, 0.3) is 5.91 Å². The lowest BCUT2D eigenvalue weighted by Crippen LogP contribution is -2.49. The van der Waals surface area contributed by atoms with Crippen LogP contribution in [-0.2, 0) is 16.1 Å². The number of aryl methyl sites for hydroxylation is 2.